The number of carbonyl (C=O) groups excluding carboxylic acids is 2. The van der Waals surface area contributed by atoms with Gasteiger partial charge < -0.3 is 15.0 Å². The smallest absolute Gasteiger partial charge is 0.244 e. The zero-order valence-corrected chi connectivity index (χ0v) is 19.5. The van der Waals surface area contributed by atoms with Crippen LogP contribution in [0.15, 0.2) is 52.3 Å². The first-order valence-electron chi connectivity index (χ1n) is 10.0. The van der Waals surface area contributed by atoms with Crippen LogP contribution in [-0.2, 0) is 24.3 Å². The van der Waals surface area contributed by atoms with E-state index >= 15 is 0 Å². The summed E-state index contributed by atoms with van der Waals surface area (Å²) in [7, 11) is -3.74. The van der Waals surface area contributed by atoms with Crippen LogP contribution in [0.2, 0.25) is 5.02 Å². The second-order valence-electron chi connectivity index (χ2n) is 7.28. The molecule has 0 bridgehead atoms. The Balaban J connectivity index is 1.62. The Morgan fingerprint density at radius 2 is 1.94 bits per heavy atom. The molecule has 0 aliphatic carbocycles. The van der Waals surface area contributed by atoms with Crippen LogP contribution in [0.25, 0.3) is 0 Å². The number of hydrogen-bond donors (Lipinski definition) is 1. The van der Waals surface area contributed by atoms with E-state index in [0.29, 0.717) is 35.4 Å². The van der Waals surface area contributed by atoms with Crippen LogP contribution in [0.3, 0.4) is 0 Å². The van der Waals surface area contributed by atoms with Crippen LogP contribution in [0.4, 0.5) is 11.4 Å². The van der Waals surface area contributed by atoms with Gasteiger partial charge in [0.15, 0.2) is 0 Å². The van der Waals surface area contributed by atoms with Gasteiger partial charge in [-0.15, -0.1) is 11.8 Å². The Morgan fingerprint density at radius 3 is 2.69 bits per heavy atom. The molecule has 0 unspecified atom stereocenters. The fraction of sp³-hybridized carbons (Fsp3) is 0.333. The SMILES string of the molecule is O=C(CN1C(=O)CCSc2ccc(S(=O)(=O)N3CCOCC3)cc21)Nc1cccc(Cl)c1. The molecule has 1 saturated heterocycles. The van der Waals surface area contributed by atoms with E-state index in [0.717, 1.165) is 4.90 Å². The average Bonchev–Trinajstić information content (AvgIpc) is 2.92. The highest BCUT2D eigenvalue weighted by molar-refractivity contribution is 7.99. The third-order valence-electron chi connectivity index (χ3n) is 5.11. The van der Waals surface area contributed by atoms with Gasteiger partial charge in [-0.05, 0) is 36.4 Å². The predicted molar refractivity (Wildman–Crippen MR) is 124 cm³/mol. The number of amides is 2. The molecule has 8 nitrogen and oxygen atoms in total. The van der Waals surface area contributed by atoms with E-state index in [2.05, 4.69) is 5.32 Å². The molecule has 2 aliphatic rings. The van der Waals surface area contributed by atoms with Crippen molar-refractivity contribution in [1.29, 1.82) is 0 Å². The molecule has 0 saturated carbocycles. The van der Waals surface area contributed by atoms with Crippen LogP contribution in [0, 0.1) is 0 Å². The van der Waals surface area contributed by atoms with E-state index in [1.54, 1.807) is 36.4 Å². The largest absolute Gasteiger partial charge is 0.379 e. The van der Waals surface area contributed by atoms with Gasteiger partial charge in [0.25, 0.3) is 0 Å². The van der Waals surface area contributed by atoms with Crippen molar-refractivity contribution in [2.45, 2.75) is 16.2 Å². The molecule has 2 amide bonds. The first-order chi connectivity index (χ1) is 15.3. The van der Waals surface area contributed by atoms with Gasteiger partial charge >= 0.3 is 0 Å². The van der Waals surface area contributed by atoms with E-state index in [1.165, 1.54) is 27.0 Å². The molecule has 0 aromatic heterocycles. The number of hydrogen-bond acceptors (Lipinski definition) is 6. The van der Waals surface area contributed by atoms with Crippen molar-refractivity contribution in [2.24, 2.45) is 0 Å². The quantitative estimate of drug-likeness (QED) is 0.685. The Kier molecular flexibility index (Phi) is 7.06. The molecule has 0 atom stereocenters. The third kappa shape index (κ3) is 5.10. The highest BCUT2D eigenvalue weighted by Gasteiger charge is 2.30. The number of ether oxygens (including phenoxy) is 1. The van der Waals surface area contributed by atoms with E-state index in [4.69, 9.17) is 16.3 Å². The Hall–Kier alpha value is -2.11. The molecule has 4 rings (SSSR count). The van der Waals surface area contributed by atoms with E-state index in [1.807, 2.05) is 0 Å². The summed E-state index contributed by atoms with van der Waals surface area (Å²) in [4.78, 5) is 27.7. The van der Waals surface area contributed by atoms with Gasteiger partial charge in [-0.2, -0.15) is 4.31 Å². The van der Waals surface area contributed by atoms with Crippen LogP contribution >= 0.6 is 23.4 Å². The molecule has 11 heteroatoms. The highest BCUT2D eigenvalue weighted by Crippen LogP contribution is 2.36. The Bertz CT molecular complexity index is 1140. The molecule has 2 aromatic rings. The summed E-state index contributed by atoms with van der Waals surface area (Å²) < 4.78 is 32.9. The molecule has 32 heavy (non-hydrogen) atoms. The number of rotatable bonds is 5. The van der Waals surface area contributed by atoms with Crippen molar-refractivity contribution in [3.63, 3.8) is 0 Å². The normalized spacial score (nSPS) is 17.5. The molecular formula is C21H22ClN3O5S2. The van der Waals surface area contributed by atoms with Crippen LogP contribution < -0.4 is 10.2 Å². The molecular weight excluding hydrogens is 474 g/mol. The minimum Gasteiger partial charge on any atom is -0.379 e. The maximum Gasteiger partial charge on any atom is 0.244 e. The minimum atomic E-state index is -3.74. The lowest BCUT2D eigenvalue weighted by molar-refractivity contribution is -0.121. The number of nitrogens with one attached hydrogen (secondary N) is 1. The first-order valence-corrected chi connectivity index (χ1v) is 12.9. The maximum atomic E-state index is 13.1. The summed E-state index contributed by atoms with van der Waals surface area (Å²) in [5.74, 6) is -0.0910. The summed E-state index contributed by atoms with van der Waals surface area (Å²) >= 11 is 7.43. The molecule has 0 spiro atoms. The Labute approximate surface area is 195 Å². The van der Waals surface area contributed by atoms with E-state index in [-0.39, 0.29) is 36.9 Å². The molecule has 1 fully saturated rings. The maximum absolute atomic E-state index is 13.1. The Morgan fingerprint density at radius 1 is 1.16 bits per heavy atom. The fourth-order valence-electron chi connectivity index (χ4n) is 3.53. The van der Waals surface area contributed by atoms with Crippen molar-refractivity contribution >= 4 is 56.6 Å². The van der Waals surface area contributed by atoms with Gasteiger partial charge in [0.05, 0.1) is 23.8 Å². The van der Waals surface area contributed by atoms with Gasteiger partial charge in [-0.3, -0.25) is 9.59 Å². The number of morpholine rings is 1. The number of sulfonamides is 1. The van der Waals surface area contributed by atoms with Crippen molar-refractivity contribution in [1.82, 2.24) is 4.31 Å². The molecule has 2 heterocycles. The number of thioether (sulfide) groups is 1. The predicted octanol–water partition coefficient (Wildman–Crippen LogP) is 2.83. The van der Waals surface area contributed by atoms with Crippen LogP contribution in [-0.4, -0.2) is 63.1 Å². The van der Waals surface area contributed by atoms with Crippen LogP contribution in [0.1, 0.15) is 6.42 Å². The molecule has 2 aromatic carbocycles. The average molecular weight is 496 g/mol. The van der Waals surface area contributed by atoms with E-state index in [9.17, 15) is 18.0 Å². The summed E-state index contributed by atoms with van der Waals surface area (Å²) in [5, 5.41) is 3.21. The van der Waals surface area contributed by atoms with Crippen LogP contribution in [0.5, 0.6) is 0 Å². The van der Waals surface area contributed by atoms with Gasteiger partial charge in [0.2, 0.25) is 21.8 Å². The van der Waals surface area contributed by atoms with Crippen molar-refractivity contribution in [3.8, 4) is 0 Å². The van der Waals surface area contributed by atoms with Gasteiger partial charge in [-0.25, -0.2) is 8.42 Å². The lowest BCUT2D eigenvalue weighted by Gasteiger charge is -2.27. The van der Waals surface area contributed by atoms with Crippen molar-refractivity contribution in [3.05, 3.63) is 47.5 Å². The molecule has 2 aliphatic heterocycles. The lowest BCUT2D eigenvalue weighted by atomic mass is 10.2. The number of benzene rings is 2. The second-order valence-corrected chi connectivity index (χ2v) is 10.8. The number of halogens is 1. The summed E-state index contributed by atoms with van der Waals surface area (Å²) in [6, 6.07) is 11.5. The van der Waals surface area contributed by atoms with Gasteiger partial charge in [0.1, 0.15) is 6.54 Å². The highest BCUT2D eigenvalue weighted by atomic mass is 35.5. The molecule has 170 valence electrons. The number of fused-ring (bicyclic) bond motifs is 1. The van der Waals surface area contributed by atoms with Gasteiger partial charge in [0, 0.05) is 40.9 Å². The second kappa shape index (κ2) is 9.80. The van der Waals surface area contributed by atoms with E-state index < -0.39 is 15.9 Å². The fourth-order valence-corrected chi connectivity index (χ4v) is 6.12. The number of carbonyl (C=O) groups is 2. The molecule has 1 N–H and O–H groups in total. The van der Waals surface area contributed by atoms with Gasteiger partial charge in [-0.1, -0.05) is 17.7 Å². The number of nitrogens with zero attached hydrogens (tertiary/aromatic N) is 2. The van der Waals surface area contributed by atoms with Crippen molar-refractivity contribution < 1.29 is 22.7 Å². The zero-order chi connectivity index (χ0) is 22.7. The topological polar surface area (TPSA) is 96.0 Å². The third-order valence-corrected chi connectivity index (χ3v) is 8.31. The van der Waals surface area contributed by atoms with Crippen molar-refractivity contribution in [2.75, 3.05) is 48.8 Å². The first kappa shape index (κ1) is 23.1. The molecule has 0 radical (unpaired) electrons. The number of anilines is 2. The zero-order valence-electron chi connectivity index (χ0n) is 17.1. The minimum absolute atomic E-state index is 0.0914. The summed E-state index contributed by atoms with van der Waals surface area (Å²) in [5.41, 5.74) is 0.941. The summed E-state index contributed by atoms with van der Waals surface area (Å²) in [6.07, 6.45) is 0.245. The monoisotopic (exact) mass is 495 g/mol. The summed E-state index contributed by atoms with van der Waals surface area (Å²) in [6.45, 7) is 1.00. The standard InChI is InChI=1S/C21H22ClN3O5S2/c22-15-2-1-3-16(12-15)23-20(26)14-25-18-13-17(4-5-19(18)31-11-6-21(25)27)32(28,29)24-7-9-30-10-8-24/h1-5,12-13H,6-11,14H2,(H,23,26). The lowest BCUT2D eigenvalue weighted by Crippen LogP contribution is -2.41.